The fraction of sp³-hybridized carbons (Fsp3) is 0.455. The number of methoxy groups -OCH3 is 1. The molecule has 0 aliphatic heterocycles. The molecule has 98 valence electrons. The molecule has 2 heterocycles. The van der Waals surface area contributed by atoms with E-state index in [1.54, 1.807) is 18.4 Å². The number of nitrogens with one attached hydrogen (secondary N) is 1. The average molecular weight is 288 g/mol. The van der Waals surface area contributed by atoms with E-state index >= 15 is 0 Å². The topological polar surface area (TPSA) is 60.2 Å². The van der Waals surface area contributed by atoms with Crippen molar-refractivity contribution in [1.82, 2.24) is 15.5 Å². The average Bonchev–Trinajstić information content (AvgIpc) is 2.96. The van der Waals surface area contributed by atoms with Crippen LogP contribution in [-0.4, -0.2) is 17.3 Å². The molecule has 2 rings (SSSR count). The van der Waals surface area contributed by atoms with Crippen molar-refractivity contribution in [3.05, 3.63) is 33.1 Å². The fourth-order valence-electron chi connectivity index (χ4n) is 1.45. The molecule has 0 saturated carbocycles. The number of nitrogens with zero attached hydrogens (tertiary/aromatic N) is 2. The zero-order valence-corrected chi connectivity index (χ0v) is 11.7. The van der Waals surface area contributed by atoms with E-state index in [1.165, 1.54) is 4.88 Å². The molecule has 1 atom stereocenters. The molecule has 2 aromatic rings. The molecule has 0 fully saturated rings. The highest BCUT2D eigenvalue weighted by atomic mass is 35.5. The van der Waals surface area contributed by atoms with Crippen LogP contribution in [0, 0.1) is 0 Å². The van der Waals surface area contributed by atoms with Crippen LogP contribution in [-0.2, 0) is 17.9 Å². The highest BCUT2D eigenvalue weighted by Crippen LogP contribution is 2.26. The summed E-state index contributed by atoms with van der Waals surface area (Å²) in [6.45, 7) is 2.95. The number of aromatic nitrogens is 2. The van der Waals surface area contributed by atoms with Gasteiger partial charge in [0.25, 0.3) is 0 Å². The minimum atomic E-state index is 0.195. The van der Waals surface area contributed by atoms with Gasteiger partial charge < -0.3 is 14.6 Å². The second kappa shape index (κ2) is 6.29. The lowest BCUT2D eigenvalue weighted by atomic mass is 10.3. The van der Waals surface area contributed by atoms with E-state index in [1.807, 2.05) is 12.1 Å². The zero-order valence-electron chi connectivity index (χ0n) is 10.1. The van der Waals surface area contributed by atoms with Gasteiger partial charge in [-0.25, -0.2) is 0 Å². The van der Waals surface area contributed by atoms with E-state index in [2.05, 4.69) is 22.4 Å². The first-order chi connectivity index (χ1) is 8.69. The molecule has 5 nitrogen and oxygen atoms in total. The molecular weight excluding hydrogens is 274 g/mol. The monoisotopic (exact) mass is 287 g/mol. The number of thiophene rings is 1. The van der Waals surface area contributed by atoms with Gasteiger partial charge in [0.05, 0.1) is 10.9 Å². The first-order valence-electron chi connectivity index (χ1n) is 5.48. The van der Waals surface area contributed by atoms with Crippen molar-refractivity contribution in [1.29, 1.82) is 0 Å². The van der Waals surface area contributed by atoms with E-state index < -0.39 is 0 Å². The summed E-state index contributed by atoms with van der Waals surface area (Å²) in [6.07, 6.45) is 0. The van der Waals surface area contributed by atoms with Crippen molar-refractivity contribution in [2.75, 3.05) is 7.11 Å². The Morgan fingerprint density at radius 1 is 1.56 bits per heavy atom. The Hall–Kier alpha value is -0.950. The highest BCUT2D eigenvalue weighted by molar-refractivity contribution is 7.16. The third kappa shape index (κ3) is 3.52. The first kappa shape index (κ1) is 13.5. The number of ether oxygens (including phenoxy) is 1. The van der Waals surface area contributed by atoms with Crippen LogP contribution in [0.2, 0.25) is 4.34 Å². The normalized spacial score (nSPS) is 12.8. The van der Waals surface area contributed by atoms with Gasteiger partial charge in [0.2, 0.25) is 5.89 Å². The largest absolute Gasteiger partial charge is 0.377 e. The third-order valence-electron chi connectivity index (χ3n) is 2.36. The van der Waals surface area contributed by atoms with E-state index in [9.17, 15) is 0 Å². The van der Waals surface area contributed by atoms with Crippen LogP contribution in [0.4, 0.5) is 0 Å². The van der Waals surface area contributed by atoms with Gasteiger partial charge >= 0.3 is 0 Å². The summed E-state index contributed by atoms with van der Waals surface area (Å²) in [4.78, 5) is 5.36. The summed E-state index contributed by atoms with van der Waals surface area (Å²) < 4.78 is 10.8. The Morgan fingerprint density at radius 2 is 2.39 bits per heavy atom. The van der Waals surface area contributed by atoms with Gasteiger partial charge in [0.15, 0.2) is 5.82 Å². The second-order valence-electron chi connectivity index (χ2n) is 3.78. The van der Waals surface area contributed by atoms with Crippen molar-refractivity contribution in [3.63, 3.8) is 0 Å². The van der Waals surface area contributed by atoms with Gasteiger partial charge in [0.1, 0.15) is 6.61 Å². The molecule has 0 spiro atoms. The maximum atomic E-state index is 5.90. The van der Waals surface area contributed by atoms with Gasteiger partial charge in [-0.05, 0) is 19.1 Å². The fourth-order valence-corrected chi connectivity index (χ4v) is 2.54. The molecule has 0 aliphatic rings. The summed E-state index contributed by atoms with van der Waals surface area (Å²) in [5.41, 5.74) is 0. The molecule has 2 aromatic heterocycles. The lowest BCUT2D eigenvalue weighted by Gasteiger charge is -2.09. The maximum Gasteiger partial charge on any atom is 0.240 e. The quantitative estimate of drug-likeness (QED) is 0.885. The van der Waals surface area contributed by atoms with Gasteiger partial charge in [-0.3, -0.25) is 0 Å². The minimum Gasteiger partial charge on any atom is -0.377 e. The first-order valence-corrected chi connectivity index (χ1v) is 6.67. The Morgan fingerprint density at radius 3 is 3.06 bits per heavy atom. The predicted molar refractivity (Wildman–Crippen MR) is 69.6 cm³/mol. The zero-order chi connectivity index (χ0) is 13.0. The summed E-state index contributed by atoms with van der Waals surface area (Å²) in [5.74, 6) is 1.11. The van der Waals surface area contributed by atoms with Crippen LogP contribution < -0.4 is 5.32 Å². The molecule has 0 bridgehead atoms. The van der Waals surface area contributed by atoms with Gasteiger partial charge in [0, 0.05) is 18.0 Å². The molecule has 0 amide bonds. The molecule has 7 heteroatoms. The predicted octanol–water partition coefficient (Wildman–Crippen LogP) is 2.78. The molecular formula is C11H14ClN3O2S. The van der Waals surface area contributed by atoms with Crippen LogP contribution >= 0.6 is 22.9 Å². The molecule has 0 unspecified atom stereocenters. The number of hydrogen-bond donors (Lipinski definition) is 1. The second-order valence-corrected chi connectivity index (χ2v) is 5.53. The minimum absolute atomic E-state index is 0.195. The summed E-state index contributed by atoms with van der Waals surface area (Å²) >= 11 is 7.46. The number of hydrogen-bond acceptors (Lipinski definition) is 6. The Balaban J connectivity index is 1.86. The SMILES string of the molecule is COCc1noc(CN[C@H](C)c2ccc(Cl)s2)n1. The lowest BCUT2D eigenvalue weighted by Crippen LogP contribution is -2.17. The molecule has 18 heavy (non-hydrogen) atoms. The van der Waals surface area contributed by atoms with E-state index in [0.29, 0.717) is 24.9 Å². The molecule has 0 aliphatic carbocycles. The summed E-state index contributed by atoms with van der Waals surface area (Å²) in [7, 11) is 1.59. The summed E-state index contributed by atoms with van der Waals surface area (Å²) in [6, 6.07) is 4.10. The van der Waals surface area contributed by atoms with Crippen molar-refractivity contribution < 1.29 is 9.26 Å². The molecule has 0 aromatic carbocycles. The molecule has 0 radical (unpaired) electrons. The van der Waals surface area contributed by atoms with Gasteiger partial charge in [-0.1, -0.05) is 16.8 Å². The van der Waals surface area contributed by atoms with Crippen LogP contribution in [0.5, 0.6) is 0 Å². The smallest absolute Gasteiger partial charge is 0.240 e. The Kier molecular flexibility index (Phi) is 4.71. The van der Waals surface area contributed by atoms with Crippen molar-refractivity contribution in [2.24, 2.45) is 0 Å². The number of halogens is 1. The van der Waals surface area contributed by atoms with Gasteiger partial charge in [-0.15, -0.1) is 11.3 Å². The van der Waals surface area contributed by atoms with Gasteiger partial charge in [-0.2, -0.15) is 4.98 Å². The van der Waals surface area contributed by atoms with Crippen LogP contribution in [0.3, 0.4) is 0 Å². The Bertz CT molecular complexity index is 500. The van der Waals surface area contributed by atoms with E-state index in [-0.39, 0.29) is 6.04 Å². The lowest BCUT2D eigenvalue weighted by molar-refractivity contribution is 0.174. The third-order valence-corrected chi connectivity index (χ3v) is 3.78. The van der Waals surface area contributed by atoms with Crippen molar-refractivity contribution in [2.45, 2.75) is 26.1 Å². The highest BCUT2D eigenvalue weighted by Gasteiger charge is 2.10. The maximum absolute atomic E-state index is 5.90. The summed E-state index contributed by atoms with van der Waals surface area (Å²) in [5, 5.41) is 7.09. The molecule has 1 N–H and O–H groups in total. The number of rotatable bonds is 6. The van der Waals surface area contributed by atoms with Crippen molar-refractivity contribution in [3.8, 4) is 0 Å². The van der Waals surface area contributed by atoms with Crippen LogP contribution in [0.25, 0.3) is 0 Å². The van der Waals surface area contributed by atoms with E-state index in [4.69, 9.17) is 20.9 Å². The molecule has 0 saturated heterocycles. The van der Waals surface area contributed by atoms with Crippen molar-refractivity contribution >= 4 is 22.9 Å². The Labute approximate surface area is 114 Å². The van der Waals surface area contributed by atoms with Crippen LogP contribution in [0.1, 0.15) is 29.6 Å². The standard InChI is InChI=1S/C11H14ClN3O2S/c1-7(8-3-4-9(12)18-8)13-5-11-14-10(6-16-2)15-17-11/h3-4,7,13H,5-6H2,1-2H3/t7-/m1/s1. The van der Waals surface area contributed by atoms with E-state index in [0.717, 1.165) is 4.34 Å². The van der Waals surface area contributed by atoms with Crippen LogP contribution in [0.15, 0.2) is 16.7 Å².